The molecule has 0 saturated carbocycles. The molecule has 6 heteroatoms. The molecule has 0 aromatic heterocycles. The van der Waals surface area contributed by atoms with Gasteiger partial charge in [0.25, 0.3) is 0 Å². The van der Waals surface area contributed by atoms with Gasteiger partial charge in [0.2, 0.25) is 5.91 Å². The van der Waals surface area contributed by atoms with Crippen LogP contribution in [0.2, 0.25) is 5.02 Å². The number of carbonyl (C=O) groups excluding carboxylic acids is 1. The molecule has 1 amide bonds. The van der Waals surface area contributed by atoms with Gasteiger partial charge in [0.15, 0.2) is 0 Å². The highest BCUT2D eigenvalue weighted by atomic mass is 35.5. The van der Waals surface area contributed by atoms with Crippen LogP contribution in [-0.4, -0.2) is 50.1 Å². The Bertz CT molecular complexity index is 728. The maximum absolute atomic E-state index is 12.4. The molecular formula is C20H24ClN3O2. The molecule has 0 bridgehead atoms. The van der Waals surface area contributed by atoms with Crippen molar-refractivity contribution in [1.29, 1.82) is 0 Å². The Balaban J connectivity index is 1.46. The van der Waals surface area contributed by atoms with E-state index in [2.05, 4.69) is 16.3 Å². The summed E-state index contributed by atoms with van der Waals surface area (Å²) in [5, 5.41) is 3.92. The quantitative estimate of drug-likeness (QED) is 0.841. The molecule has 1 heterocycles. The number of hydrogen-bond acceptors (Lipinski definition) is 4. The number of anilines is 2. The Morgan fingerprint density at radius 3 is 2.50 bits per heavy atom. The molecule has 1 saturated heterocycles. The van der Waals surface area contributed by atoms with Gasteiger partial charge in [-0.2, -0.15) is 0 Å². The smallest absolute Gasteiger partial charge is 0.241 e. The lowest BCUT2D eigenvalue weighted by Gasteiger charge is -2.36. The molecule has 1 aliphatic rings. The van der Waals surface area contributed by atoms with Crippen molar-refractivity contribution in [2.45, 2.75) is 6.92 Å². The highest BCUT2D eigenvalue weighted by Gasteiger charge is 2.21. The van der Waals surface area contributed by atoms with Crippen LogP contribution >= 0.6 is 11.6 Å². The zero-order chi connectivity index (χ0) is 18.4. The van der Waals surface area contributed by atoms with Crippen molar-refractivity contribution in [2.75, 3.05) is 49.5 Å². The second kappa shape index (κ2) is 8.81. The van der Waals surface area contributed by atoms with Gasteiger partial charge in [0.1, 0.15) is 5.75 Å². The molecule has 1 N–H and O–H groups in total. The topological polar surface area (TPSA) is 44.8 Å². The lowest BCUT2D eigenvalue weighted by Crippen LogP contribution is -2.50. The summed E-state index contributed by atoms with van der Waals surface area (Å²) in [6.45, 7) is 5.96. The van der Waals surface area contributed by atoms with Gasteiger partial charge in [-0.05, 0) is 49.4 Å². The monoisotopic (exact) mass is 373 g/mol. The second-order valence-corrected chi connectivity index (χ2v) is 6.60. The van der Waals surface area contributed by atoms with Gasteiger partial charge >= 0.3 is 0 Å². The number of amides is 1. The number of nitrogens with zero attached hydrogens (tertiary/aromatic N) is 2. The average Bonchev–Trinajstić information content (AvgIpc) is 2.67. The number of halogens is 1. The van der Waals surface area contributed by atoms with E-state index in [1.807, 2.05) is 54.3 Å². The van der Waals surface area contributed by atoms with Crippen molar-refractivity contribution >= 4 is 28.9 Å². The van der Waals surface area contributed by atoms with E-state index in [0.717, 1.165) is 48.3 Å². The van der Waals surface area contributed by atoms with E-state index >= 15 is 0 Å². The Morgan fingerprint density at radius 1 is 1.12 bits per heavy atom. The standard InChI is InChI=1S/C20H24ClN3O2/c1-2-26-19-8-6-17(7-9-19)22-15-20(25)24-12-10-23(11-13-24)18-5-3-4-16(21)14-18/h3-9,14,22H,2,10-13,15H2,1H3. The molecule has 5 nitrogen and oxygen atoms in total. The number of rotatable bonds is 6. The zero-order valence-electron chi connectivity index (χ0n) is 15.0. The van der Waals surface area contributed by atoms with Gasteiger partial charge in [-0.25, -0.2) is 0 Å². The minimum Gasteiger partial charge on any atom is -0.494 e. The van der Waals surface area contributed by atoms with Crippen LogP contribution in [0.5, 0.6) is 5.75 Å². The van der Waals surface area contributed by atoms with Crippen molar-refractivity contribution in [1.82, 2.24) is 4.90 Å². The summed E-state index contributed by atoms with van der Waals surface area (Å²) in [5.74, 6) is 0.950. The molecule has 1 fully saturated rings. The molecule has 2 aromatic carbocycles. The van der Waals surface area contributed by atoms with Crippen LogP contribution in [0.25, 0.3) is 0 Å². The van der Waals surface area contributed by atoms with Crippen molar-refractivity contribution in [3.8, 4) is 5.75 Å². The van der Waals surface area contributed by atoms with Crippen molar-refractivity contribution < 1.29 is 9.53 Å². The van der Waals surface area contributed by atoms with Gasteiger partial charge < -0.3 is 19.9 Å². The highest BCUT2D eigenvalue weighted by molar-refractivity contribution is 6.30. The van der Waals surface area contributed by atoms with E-state index < -0.39 is 0 Å². The van der Waals surface area contributed by atoms with Crippen molar-refractivity contribution in [3.63, 3.8) is 0 Å². The summed E-state index contributed by atoms with van der Waals surface area (Å²) in [6.07, 6.45) is 0. The molecule has 0 aliphatic carbocycles. The molecule has 3 rings (SSSR count). The lowest BCUT2D eigenvalue weighted by molar-refractivity contribution is -0.129. The van der Waals surface area contributed by atoms with E-state index in [0.29, 0.717) is 13.2 Å². The fraction of sp³-hybridized carbons (Fsp3) is 0.350. The molecule has 0 unspecified atom stereocenters. The van der Waals surface area contributed by atoms with Crippen LogP contribution in [0, 0.1) is 0 Å². The van der Waals surface area contributed by atoms with E-state index in [9.17, 15) is 4.79 Å². The largest absolute Gasteiger partial charge is 0.494 e. The first-order valence-electron chi connectivity index (χ1n) is 8.90. The summed E-state index contributed by atoms with van der Waals surface area (Å²) < 4.78 is 5.42. The van der Waals surface area contributed by atoms with E-state index in [1.165, 1.54) is 0 Å². The first-order chi connectivity index (χ1) is 12.7. The normalized spacial score (nSPS) is 14.2. The van der Waals surface area contributed by atoms with Gasteiger partial charge in [0.05, 0.1) is 13.2 Å². The Kier molecular flexibility index (Phi) is 6.23. The van der Waals surface area contributed by atoms with E-state index in [1.54, 1.807) is 0 Å². The minimum atomic E-state index is 0.115. The third kappa shape index (κ3) is 4.82. The molecule has 0 radical (unpaired) electrons. The minimum absolute atomic E-state index is 0.115. The van der Waals surface area contributed by atoms with E-state index in [-0.39, 0.29) is 5.91 Å². The third-order valence-corrected chi connectivity index (χ3v) is 4.65. The maximum Gasteiger partial charge on any atom is 0.241 e. The maximum atomic E-state index is 12.4. The summed E-state index contributed by atoms with van der Waals surface area (Å²) >= 11 is 6.06. The number of benzene rings is 2. The number of carbonyl (C=O) groups is 1. The fourth-order valence-electron chi connectivity index (χ4n) is 3.01. The first-order valence-corrected chi connectivity index (χ1v) is 9.28. The third-order valence-electron chi connectivity index (χ3n) is 4.41. The second-order valence-electron chi connectivity index (χ2n) is 6.16. The van der Waals surface area contributed by atoms with Crippen LogP contribution in [0.1, 0.15) is 6.92 Å². The zero-order valence-corrected chi connectivity index (χ0v) is 15.7. The van der Waals surface area contributed by atoms with Crippen molar-refractivity contribution in [3.05, 3.63) is 53.6 Å². The van der Waals surface area contributed by atoms with Crippen LogP contribution in [-0.2, 0) is 4.79 Å². The summed E-state index contributed by atoms with van der Waals surface area (Å²) in [7, 11) is 0. The fourth-order valence-corrected chi connectivity index (χ4v) is 3.20. The molecule has 0 spiro atoms. The number of nitrogens with one attached hydrogen (secondary N) is 1. The first kappa shape index (κ1) is 18.4. The molecule has 26 heavy (non-hydrogen) atoms. The van der Waals surface area contributed by atoms with Crippen LogP contribution in [0.15, 0.2) is 48.5 Å². The highest BCUT2D eigenvalue weighted by Crippen LogP contribution is 2.21. The summed E-state index contributed by atoms with van der Waals surface area (Å²) in [4.78, 5) is 16.6. The van der Waals surface area contributed by atoms with Crippen LogP contribution < -0.4 is 15.0 Å². The molecule has 0 atom stereocenters. The van der Waals surface area contributed by atoms with Gasteiger partial charge in [-0.1, -0.05) is 17.7 Å². The molecule has 2 aromatic rings. The van der Waals surface area contributed by atoms with Gasteiger partial charge in [-0.15, -0.1) is 0 Å². The molecule has 138 valence electrons. The number of ether oxygens (including phenoxy) is 1. The predicted molar refractivity (Wildman–Crippen MR) is 106 cm³/mol. The lowest BCUT2D eigenvalue weighted by atomic mass is 10.2. The van der Waals surface area contributed by atoms with Crippen molar-refractivity contribution in [2.24, 2.45) is 0 Å². The van der Waals surface area contributed by atoms with Crippen LogP contribution in [0.3, 0.4) is 0 Å². The summed E-state index contributed by atoms with van der Waals surface area (Å²) in [6, 6.07) is 15.5. The van der Waals surface area contributed by atoms with Crippen LogP contribution in [0.4, 0.5) is 11.4 Å². The average molecular weight is 374 g/mol. The molecular weight excluding hydrogens is 350 g/mol. The Labute approximate surface area is 159 Å². The number of piperazine rings is 1. The Morgan fingerprint density at radius 2 is 1.85 bits per heavy atom. The Hall–Kier alpha value is -2.40. The van der Waals surface area contributed by atoms with E-state index in [4.69, 9.17) is 16.3 Å². The predicted octanol–water partition coefficient (Wildman–Crippen LogP) is 3.50. The van der Waals surface area contributed by atoms with Gasteiger partial charge in [-0.3, -0.25) is 4.79 Å². The van der Waals surface area contributed by atoms with Gasteiger partial charge in [0, 0.05) is 42.6 Å². The SMILES string of the molecule is CCOc1ccc(NCC(=O)N2CCN(c3cccc(Cl)c3)CC2)cc1. The molecule has 1 aliphatic heterocycles. The summed E-state index contributed by atoms with van der Waals surface area (Å²) in [5.41, 5.74) is 2.02. The number of hydrogen-bond donors (Lipinski definition) is 1.